The van der Waals surface area contributed by atoms with E-state index in [9.17, 15) is 9.59 Å². The molecule has 0 aliphatic carbocycles. The molecule has 0 atom stereocenters. The average molecular weight is 406 g/mol. The molecule has 0 fully saturated rings. The third kappa shape index (κ3) is 5.75. The third-order valence-electron chi connectivity index (χ3n) is 4.19. The van der Waals surface area contributed by atoms with E-state index in [0.29, 0.717) is 47.3 Å². The standard InChI is InChI=1S/C23H22N2O5/c1-28-20-3-2-4-21(15-20)29-14-13-25-23(27)17-7-11-19(12-8-17)30-18-9-5-16(6-10-18)22(24)26/h2-12,15H,13-14H2,1H3,(H2,24,26)(H,25,27). The van der Waals surface area contributed by atoms with Crippen molar-refractivity contribution in [1.29, 1.82) is 0 Å². The summed E-state index contributed by atoms with van der Waals surface area (Å²) >= 11 is 0. The summed E-state index contributed by atoms with van der Waals surface area (Å²) in [5.74, 6) is 1.82. The maximum atomic E-state index is 12.3. The number of methoxy groups -OCH3 is 1. The zero-order chi connectivity index (χ0) is 21.3. The molecule has 0 radical (unpaired) electrons. The van der Waals surface area contributed by atoms with Crippen LogP contribution in [0.3, 0.4) is 0 Å². The van der Waals surface area contributed by atoms with Crippen molar-refractivity contribution in [2.75, 3.05) is 20.3 Å². The van der Waals surface area contributed by atoms with Gasteiger partial charge in [0, 0.05) is 17.2 Å². The van der Waals surface area contributed by atoms with E-state index in [-0.39, 0.29) is 5.91 Å². The summed E-state index contributed by atoms with van der Waals surface area (Å²) in [6.45, 7) is 0.696. The summed E-state index contributed by atoms with van der Waals surface area (Å²) < 4.78 is 16.4. The molecule has 0 spiro atoms. The van der Waals surface area contributed by atoms with Gasteiger partial charge in [-0.05, 0) is 60.7 Å². The lowest BCUT2D eigenvalue weighted by Crippen LogP contribution is -2.28. The highest BCUT2D eigenvalue weighted by Gasteiger charge is 2.07. The minimum absolute atomic E-state index is 0.207. The van der Waals surface area contributed by atoms with Gasteiger partial charge in [0.25, 0.3) is 5.91 Å². The molecule has 3 N–H and O–H groups in total. The van der Waals surface area contributed by atoms with E-state index >= 15 is 0 Å². The highest BCUT2D eigenvalue weighted by molar-refractivity contribution is 5.94. The predicted molar refractivity (Wildman–Crippen MR) is 112 cm³/mol. The lowest BCUT2D eigenvalue weighted by atomic mass is 10.2. The zero-order valence-corrected chi connectivity index (χ0v) is 16.5. The molecule has 0 saturated heterocycles. The van der Waals surface area contributed by atoms with Gasteiger partial charge in [0.1, 0.15) is 29.6 Å². The Bertz CT molecular complexity index is 1000. The van der Waals surface area contributed by atoms with Gasteiger partial charge >= 0.3 is 0 Å². The largest absolute Gasteiger partial charge is 0.497 e. The second-order valence-corrected chi connectivity index (χ2v) is 6.30. The molecule has 0 unspecified atom stereocenters. The highest BCUT2D eigenvalue weighted by Crippen LogP contribution is 2.22. The fourth-order valence-electron chi connectivity index (χ4n) is 2.62. The van der Waals surface area contributed by atoms with Crippen molar-refractivity contribution in [3.8, 4) is 23.0 Å². The lowest BCUT2D eigenvalue weighted by Gasteiger charge is -2.10. The molecule has 0 saturated carbocycles. The Labute approximate surface area is 174 Å². The minimum atomic E-state index is -0.495. The fourth-order valence-corrected chi connectivity index (χ4v) is 2.62. The Hall–Kier alpha value is -4.00. The second-order valence-electron chi connectivity index (χ2n) is 6.30. The van der Waals surface area contributed by atoms with Gasteiger partial charge in [-0.25, -0.2) is 0 Å². The van der Waals surface area contributed by atoms with Gasteiger partial charge in [-0.1, -0.05) is 6.07 Å². The van der Waals surface area contributed by atoms with Crippen LogP contribution in [0.5, 0.6) is 23.0 Å². The molecule has 0 aromatic heterocycles. The van der Waals surface area contributed by atoms with Crippen molar-refractivity contribution >= 4 is 11.8 Å². The van der Waals surface area contributed by atoms with E-state index in [4.69, 9.17) is 19.9 Å². The van der Waals surface area contributed by atoms with Crippen LogP contribution >= 0.6 is 0 Å². The first-order valence-corrected chi connectivity index (χ1v) is 9.28. The second kappa shape index (κ2) is 9.97. The number of carbonyl (C=O) groups excluding carboxylic acids is 2. The number of carbonyl (C=O) groups is 2. The third-order valence-corrected chi connectivity index (χ3v) is 4.19. The van der Waals surface area contributed by atoms with Gasteiger partial charge in [0.2, 0.25) is 5.91 Å². The minimum Gasteiger partial charge on any atom is -0.497 e. The molecule has 3 aromatic rings. The molecule has 0 bridgehead atoms. The Kier molecular flexibility index (Phi) is 6.89. The Morgan fingerprint density at radius 1 is 0.833 bits per heavy atom. The van der Waals surface area contributed by atoms with Crippen molar-refractivity contribution in [3.05, 3.63) is 83.9 Å². The van der Waals surface area contributed by atoms with E-state index in [1.54, 1.807) is 61.7 Å². The van der Waals surface area contributed by atoms with Crippen LogP contribution in [0.25, 0.3) is 0 Å². The predicted octanol–water partition coefficient (Wildman–Crippen LogP) is 3.40. The van der Waals surface area contributed by atoms with Gasteiger partial charge in [-0.15, -0.1) is 0 Å². The van der Waals surface area contributed by atoms with Crippen LogP contribution in [-0.2, 0) is 0 Å². The van der Waals surface area contributed by atoms with Gasteiger partial charge < -0.3 is 25.3 Å². The molecule has 0 aliphatic heterocycles. The van der Waals surface area contributed by atoms with Gasteiger partial charge in [-0.2, -0.15) is 0 Å². The van der Waals surface area contributed by atoms with Crippen LogP contribution < -0.4 is 25.3 Å². The van der Waals surface area contributed by atoms with Crippen LogP contribution in [0.1, 0.15) is 20.7 Å². The van der Waals surface area contributed by atoms with Crippen molar-refractivity contribution in [2.24, 2.45) is 5.73 Å². The van der Waals surface area contributed by atoms with Crippen LogP contribution in [-0.4, -0.2) is 32.1 Å². The Morgan fingerprint density at radius 3 is 2.03 bits per heavy atom. The normalized spacial score (nSPS) is 10.2. The van der Waals surface area contributed by atoms with Crippen LogP contribution in [0.4, 0.5) is 0 Å². The molecule has 154 valence electrons. The maximum Gasteiger partial charge on any atom is 0.251 e. The highest BCUT2D eigenvalue weighted by atomic mass is 16.5. The van der Waals surface area contributed by atoms with E-state index < -0.39 is 5.91 Å². The van der Waals surface area contributed by atoms with Crippen molar-refractivity contribution < 1.29 is 23.8 Å². The number of nitrogens with two attached hydrogens (primary N) is 1. The summed E-state index contributed by atoms with van der Waals surface area (Å²) in [7, 11) is 1.59. The van der Waals surface area contributed by atoms with Gasteiger partial charge in [0.15, 0.2) is 0 Å². The molecule has 0 heterocycles. The van der Waals surface area contributed by atoms with Crippen LogP contribution in [0, 0.1) is 0 Å². The fraction of sp³-hybridized carbons (Fsp3) is 0.130. The first-order valence-electron chi connectivity index (χ1n) is 9.28. The smallest absolute Gasteiger partial charge is 0.251 e. The summed E-state index contributed by atoms with van der Waals surface area (Å²) in [6, 6.07) is 20.5. The number of nitrogens with one attached hydrogen (secondary N) is 1. The average Bonchev–Trinajstić information content (AvgIpc) is 2.77. The molecule has 3 rings (SSSR count). The van der Waals surface area contributed by atoms with E-state index in [2.05, 4.69) is 5.32 Å². The van der Waals surface area contributed by atoms with Gasteiger partial charge in [-0.3, -0.25) is 9.59 Å². The lowest BCUT2D eigenvalue weighted by molar-refractivity contribution is 0.0945. The topological polar surface area (TPSA) is 99.9 Å². The number of ether oxygens (including phenoxy) is 3. The zero-order valence-electron chi connectivity index (χ0n) is 16.5. The quantitative estimate of drug-likeness (QED) is 0.531. The molecule has 3 aromatic carbocycles. The van der Waals surface area contributed by atoms with E-state index in [0.717, 1.165) is 0 Å². The molecule has 2 amide bonds. The number of rotatable bonds is 9. The summed E-state index contributed by atoms with van der Waals surface area (Å²) in [4.78, 5) is 23.4. The monoisotopic (exact) mass is 406 g/mol. The van der Waals surface area contributed by atoms with E-state index in [1.807, 2.05) is 18.2 Å². The van der Waals surface area contributed by atoms with E-state index in [1.165, 1.54) is 0 Å². The van der Waals surface area contributed by atoms with Crippen LogP contribution in [0.15, 0.2) is 72.8 Å². The number of amides is 2. The molecule has 0 aliphatic rings. The van der Waals surface area contributed by atoms with Crippen molar-refractivity contribution in [2.45, 2.75) is 0 Å². The van der Waals surface area contributed by atoms with Crippen molar-refractivity contribution in [1.82, 2.24) is 5.32 Å². The molecule has 30 heavy (non-hydrogen) atoms. The number of hydrogen-bond donors (Lipinski definition) is 2. The van der Waals surface area contributed by atoms with Crippen LogP contribution in [0.2, 0.25) is 0 Å². The summed E-state index contributed by atoms with van der Waals surface area (Å²) in [6.07, 6.45) is 0. The molecule has 7 heteroatoms. The first-order chi connectivity index (χ1) is 14.5. The molecular formula is C23H22N2O5. The molecular weight excluding hydrogens is 384 g/mol. The number of benzene rings is 3. The maximum absolute atomic E-state index is 12.3. The van der Waals surface area contributed by atoms with Crippen molar-refractivity contribution in [3.63, 3.8) is 0 Å². The number of hydrogen-bond acceptors (Lipinski definition) is 5. The summed E-state index contributed by atoms with van der Waals surface area (Å²) in [5.41, 5.74) is 6.13. The summed E-state index contributed by atoms with van der Waals surface area (Å²) in [5, 5.41) is 2.80. The number of primary amides is 1. The molecule has 7 nitrogen and oxygen atoms in total. The Balaban J connectivity index is 1.46. The van der Waals surface area contributed by atoms with Gasteiger partial charge in [0.05, 0.1) is 13.7 Å². The Morgan fingerprint density at radius 2 is 1.43 bits per heavy atom. The first kappa shape index (κ1) is 20.7. The SMILES string of the molecule is COc1cccc(OCCNC(=O)c2ccc(Oc3ccc(C(N)=O)cc3)cc2)c1.